The van der Waals surface area contributed by atoms with E-state index in [0.717, 1.165) is 33.5 Å². The topological polar surface area (TPSA) is 50.8 Å². The molecule has 0 radical (unpaired) electrons. The van der Waals surface area contributed by atoms with Crippen LogP contribution in [0.2, 0.25) is 0 Å². The van der Waals surface area contributed by atoms with Gasteiger partial charge in [-0.2, -0.15) is 0 Å². The van der Waals surface area contributed by atoms with Gasteiger partial charge in [-0.1, -0.05) is 274 Å². The minimum absolute atomic E-state index is 0. The lowest BCUT2D eigenvalue weighted by Crippen LogP contribution is -3.00. The molecular weight excluding hydrogens is 979 g/mol. The highest BCUT2D eigenvalue weighted by atomic mass is 35.6. The Morgan fingerprint density at radius 1 is 0.541 bits per heavy atom. The van der Waals surface area contributed by atoms with Crippen LogP contribution in [0.4, 0.5) is 0 Å². The Morgan fingerprint density at radius 2 is 0.902 bits per heavy atom. The lowest BCUT2D eigenvalue weighted by molar-refractivity contribution is -0.785. The summed E-state index contributed by atoms with van der Waals surface area (Å²) in [5.74, 6) is -0.158. The molecule has 1 atom stereocenters. The van der Waals surface area contributed by atoms with E-state index in [0.29, 0.717) is 18.5 Å². The lowest BCUT2D eigenvalue weighted by atomic mass is 9.74. The second-order valence-electron chi connectivity index (χ2n) is 12.7. The second kappa shape index (κ2) is 27.8. The van der Waals surface area contributed by atoms with Gasteiger partial charge in [0.05, 0.1) is 5.21 Å². The van der Waals surface area contributed by atoms with Gasteiger partial charge in [0.25, 0.3) is 5.91 Å². The van der Waals surface area contributed by atoms with Crippen molar-refractivity contribution in [1.82, 2.24) is 15.2 Å². The number of nitrogens with zero attached hydrogens (tertiary/aromatic N) is 3. The van der Waals surface area contributed by atoms with Crippen molar-refractivity contribution in [2.24, 2.45) is 0 Å². The van der Waals surface area contributed by atoms with E-state index in [-0.39, 0.29) is 24.4 Å². The molecule has 320 valence electrons. The Labute approximate surface area is 408 Å². The average Bonchev–Trinajstić information content (AvgIpc) is 3.66. The summed E-state index contributed by atoms with van der Waals surface area (Å²) in [5.41, 5.74) is 5.85. The van der Waals surface area contributed by atoms with Crippen LogP contribution in [0.1, 0.15) is 38.7 Å². The maximum absolute atomic E-state index is 14.4. The molecular formula is C46H40Cl10N4O. The molecule has 1 heterocycles. The number of halogens is 10. The van der Waals surface area contributed by atoms with Gasteiger partial charge in [-0.3, -0.25) is 4.79 Å². The van der Waals surface area contributed by atoms with Gasteiger partial charge in [0.2, 0.25) is 0 Å². The van der Waals surface area contributed by atoms with Crippen molar-refractivity contribution in [3.05, 3.63) is 216 Å². The summed E-state index contributed by atoms with van der Waals surface area (Å²) in [6.45, 7) is 0.593. The fourth-order valence-electron chi connectivity index (χ4n) is 6.55. The van der Waals surface area contributed by atoms with Crippen molar-refractivity contribution < 1.29 is 21.9 Å². The summed E-state index contributed by atoms with van der Waals surface area (Å²) in [6.07, 6.45) is 2.74. The van der Waals surface area contributed by atoms with E-state index in [4.69, 9.17) is 110 Å². The number of carbonyl (C=O) groups excluding carboxylic acids is 1. The molecule has 0 saturated carbocycles. The Hall–Kier alpha value is -3.17. The van der Waals surface area contributed by atoms with Gasteiger partial charge in [-0.25, -0.2) is 0 Å². The van der Waals surface area contributed by atoms with Crippen LogP contribution in [0, 0.1) is 0 Å². The van der Waals surface area contributed by atoms with E-state index in [1.54, 1.807) is 0 Å². The van der Waals surface area contributed by atoms with Crippen molar-refractivity contribution >= 4 is 110 Å². The van der Waals surface area contributed by atoms with Gasteiger partial charge in [-0.05, 0) is 34.4 Å². The van der Waals surface area contributed by atoms with Crippen LogP contribution in [0.5, 0.6) is 0 Å². The summed E-state index contributed by atoms with van der Waals surface area (Å²) in [5, 5.41) is 8.96. The zero-order valence-electron chi connectivity index (χ0n) is 32.2. The molecule has 1 amide bonds. The highest BCUT2D eigenvalue weighted by molar-refractivity contribution is 6.63. The molecule has 0 unspecified atom stereocenters. The monoisotopic (exact) mass is 1010 g/mol. The first-order valence-corrected chi connectivity index (χ1v) is 22.2. The Bertz CT molecular complexity index is 2180. The molecule has 0 fully saturated rings. The van der Waals surface area contributed by atoms with E-state index >= 15 is 0 Å². The molecule has 1 aromatic heterocycles. The quantitative estimate of drug-likeness (QED) is 0.104. The molecule has 0 aliphatic heterocycles. The summed E-state index contributed by atoms with van der Waals surface area (Å²) < 4.78 is 1.89. The van der Waals surface area contributed by atoms with Crippen molar-refractivity contribution in [3.8, 4) is 11.3 Å². The van der Waals surface area contributed by atoms with Crippen LogP contribution >= 0.6 is 104 Å². The predicted molar refractivity (Wildman–Crippen MR) is 254 cm³/mol. The highest BCUT2D eigenvalue weighted by Gasteiger charge is 2.49. The van der Waals surface area contributed by atoms with Gasteiger partial charge >= 0.3 is 0 Å². The zero-order valence-corrected chi connectivity index (χ0v) is 39.7. The number of aromatic nitrogens is 3. The van der Waals surface area contributed by atoms with Crippen LogP contribution in [-0.4, -0.2) is 28.7 Å². The van der Waals surface area contributed by atoms with Gasteiger partial charge in [-0.15, -0.1) is 9.36 Å². The normalized spacial score (nSPS) is 11.1. The van der Waals surface area contributed by atoms with Crippen LogP contribution in [-0.2, 0) is 18.5 Å². The molecule has 7 aromatic rings. The fraction of sp³-hybridized carbons (Fsp3) is 0.152. The van der Waals surface area contributed by atoms with Crippen molar-refractivity contribution in [2.45, 2.75) is 37.4 Å². The Morgan fingerprint density at radius 3 is 1.33 bits per heavy atom. The molecule has 0 saturated heterocycles. The first-order valence-electron chi connectivity index (χ1n) is 18.3. The molecule has 1 N–H and O–H groups in total. The summed E-state index contributed by atoms with van der Waals surface area (Å²) >= 11 is 43.3. The molecule has 6 aromatic carbocycles. The number of amides is 1. The number of benzene rings is 6. The maximum atomic E-state index is 14.4. The Balaban J connectivity index is 0.000000679. The molecule has 61 heavy (non-hydrogen) atoms. The molecule has 0 bridgehead atoms. The van der Waals surface area contributed by atoms with Crippen LogP contribution in [0.25, 0.3) is 11.3 Å². The van der Waals surface area contributed by atoms with Gasteiger partial charge in [0.15, 0.2) is 30.8 Å². The molecule has 7 rings (SSSR count). The molecule has 0 aliphatic rings. The fourth-order valence-corrected chi connectivity index (χ4v) is 6.55. The van der Waals surface area contributed by atoms with Crippen molar-refractivity contribution in [1.29, 1.82) is 0 Å². The van der Waals surface area contributed by atoms with E-state index in [1.165, 1.54) is 0 Å². The van der Waals surface area contributed by atoms with E-state index in [2.05, 4.69) is 118 Å². The number of hydrogen-bond donors (Lipinski definition) is 1. The highest BCUT2D eigenvalue weighted by Crippen LogP contribution is 2.40. The summed E-state index contributed by atoms with van der Waals surface area (Å²) in [4.78, 5) is 14.4. The zero-order chi connectivity index (χ0) is 43.3. The van der Waals surface area contributed by atoms with E-state index < -0.39 is 18.4 Å². The standard InChI is InChI=1S/C43H36N4O.3CHCl3.ClH/c48-42(37-25-13-4-14-26-37)44-43(38-27-15-5-16-28-38,39-29-17-6-18-30-39)41(31-34-19-7-1-8-20-34)47-33-40(36-23-11-3-12-24-36)46(45-47)32-35-21-9-2-10-22-35;3*2-1(3)4;/h1-30,33,41H,31-32H2;3*1H;1H/t41-;;;;/m0..../s1. The number of nitrogens with one attached hydrogen (secondary N) is 1. The van der Waals surface area contributed by atoms with Gasteiger partial charge < -0.3 is 17.7 Å². The maximum Gasteiger partial charge on any atom is 0.252 e. The minimum atomic E-state index is -1.02. The number of hydrogen-bond acceptors (Lipinski definition) is 2. The summed E-state index contributed by atoms with van der Waals surface area (Å²) in [7, 11) is 0. The Kier molecular flexibility index (Phi) is 23.8. The minimum Gasteiger partial charge on any atom is -1.00 e. The first-order chi connectivity index (χ1) is 28.9. The van der Waals surface area contributed by atoms with Crippen molar-refractivity contribution in [3.63, 3.8) is 0 Å². The second-order valence-corrected chi connectivity index (χ2v) is 18.6. The third-order valence-electron chi connectivity index (χ3n) is 8.88. The number of carbonyl (C=O) groups is 1. The molecule has 0 aliphatic carbocycles. The van der Waals surface area contributed by atoms with E-state index in [9.17, 15) is 4.79 Å². The third kappa shape index (κ3) is 17.1. The van der Waals surface area contributed by atoms with Crippen LogP contribution < -0.4 is 22.4 Å². The molecule has 15 heteroatoms. The van der Waals surface area contributed by atoms with Gasteiger partial charge in [0.1, 0.15) is 12.1 Å². The first kappa shape index (κ1) is 52.2. The van der Waals surface area contributed by atoms with Crippen molar-refractivity contribution in [2.75, 3.05) is 0 Å². The summed E-state index contributed by atoms with van der Waals surface area (Å²) in [6, 6.07) is 60.9. The third-order valence-corrected chi connectivity index (χ3v) is 8.88. The predicted octanol–water partition coefficient (Wildman–Crippen LogP) is 11.0. The average molecular weight is 1020 g/mol. The number of rotatable bonds is 11. The van der Waals surface area contributed by atoms with E-state index in [1.807, 2.05) is 84.9 Å². The van der Waals surface area contributed by atoms with Crippen LogP contribution in [0.15, 0.2) is 188 Å². The van der Waals surface area contributed by atoms with Gasteiger partial charge in [0, 0.05) is 17.5 Å². The number of alkyl halides is 9. The lowest BCUT2D eigenvalue weighted by Gasteiger charge is -2.40. The SMILES string of the molecule is ClC(Cl)Cl.ClC(Cl)Cl.ClC(Cl)Cl.O=C(NC(c1ccccc1)(c1ccccc1)[C@H](Cc1ccccc1)[n+]1cc(-c2ccccc2)n(Cc2ccccc2)n1)c1ccccc1.[Cl-]. The van der Waals surface area contributed by atoms with Crippen LogP contribution in [0.3, 0.4) is 0 Å². The molecule has 5 nitrogen and oxygen atoms in total. The smallest absolute Gasteiger partial charge is 0.252 e. The largest absolute Gasteiger partial charge is 1.00 e. The molecule has 0 spiro atoms.